The van der Waals surface area contributed by atoms with E-state index in [0.717, 1.165) is 0 Å². The van der Waals surface area contributed by atoms with Crippen molar-refractivity contribution in [3.8, 4) is 6.07 Å². The molecule has 1 N–H and O–H groups in total. The summed E-state index contributed by atoms with van der Waals surface area (Å²) in [5.41, 5.74) is 1.02. The average Bonchev–Trinajstić information content (AvgIpc) is 2.40. The van der Waals surface area contributed by atoms with Crippen molar-refractivity contribution < 1.29 is 8.78 Å². The molecular weight excluding hydrogens is 314 g/mol. The lowest BCUT2D eigenvalue weighted by Gasteiger charge is -2.10. The standard InChI is InChI=1S/C14H9BrF2N2/c15-11-2-1-3-13(17)14(11)19-8-9-4-5-12(16)10(6-9)7-18/h1-6,19H,8H2. The molecule has 2 aromatic rings. The van der Waals surface area contributed by atoms with Crippen molar-refractivity contribution in [1.82, 2.24) is 0 Å². The lowest BCUT2D eigenvalue weighted by molar-refractivity contribution is 0.622. The van der Waals surface area contributed by atoms with E-state index in [-0.39, 0.29) is 11.4 Å². The third-order valence-corrected chi connectivity index (χ3v) is 3.24. The molecule has 0 saturated heterocycles. The molecule has 0 aliphatic carbocycles. The highest BCUT2D eigenvalue weighted by atomic mass is 79.9. The maximum atomic E-state index is 13.6. The Kier molecular flexibility index (Phi) is 4.13. The monoisotopic (exact) mass is 322 g/mol. The molecule has 0 aliphatic heterocycles. The smallest absolute Gasteiger partial charge is 0.147 e. The second kappa shape index (κ2) is 5.81. The van der Waals surface area contributed by atoms with Crippen molar-refractivity contribution in [3.05, 3.63) is 63.6 Å². The van der Waals surface area contributed by atoms with Gasteiger partial charge in [0.1, 0.15) is 17.7 Å². The summed E-state index contributed by atoms with van der Waals surface area (Å²) in [4.78, 5) is 0. The number of hydrogen-bond donors (Lipinski definition) is 1. The van der Waals surface area contributed by atoms with Crippen molar-refractivity contribution in [3.63, 3.8) is 0 Å². The summed E-state index contributed by atoms with van der Waals surface area (Å²) in [6.07, 6.45) is 0. The Morgan fingerprint density at radius 2 is 1.95 bits per heavy atom. The summed E-state index contributed by atoms with van der Waals surface area (Å²) in [6.45, 7) is 0.300. The first-order chi connectivity index (χ1) is 9.11. The van der Waals surface area contributed by atoms with Crippen molar-refractivity contribution >= 4 is 21.6 Å². The molecule has 0 bridgehead atoms. The van der Waals surface area contributed by atoms with Crippen LogP contribution in [0.3, 0.4) is 0 Å². The number of halogens is 3. The summed E-state index contributed by atoms with van der Waals surface area (Å²) >= 11 is 3.25. The Morgan fingerprint density at radius 1 is 1.16 bits per heavy atom. The van der Waals surface area contributed by atoms with Crippen LogP contribution in [-0.2, 0) is 6.54 Å². The Hall–Kier alpha value is -1.93. The fraction of sp³-hybridized carbons (Fsp3) is 0.0714. The summed E-state index contributed by atoms with van der Waals surface area (Å²) in [6, 6.07) is 10.7. The molecule has 0 unspecified atom stereocenters. The summed E-state index contributed by atoms with van der Waals surface area (Å²) in [7, 11) is 0. The van der Waals surface area contributed by atoms with Crippen LogP contribution in [-0.4, -0.2) is 0 Å². The molecule has 19 heavy (non-hydrogen) atoms. The van der Waals surface area contributed by atoms with Gasteiger partial charge >= 0.3 is 0 Å². The van der Waals surface area contributed by atoms with E-state index < -0.39 is 5.82 Å². The van der Waals surface area contributed by atoms with E-state index in [1.165, 1.54) is 18.2 Å². The minimum Gasteiger partial charge on any atom is -0.378 e. The van der Waals surface area contributed by atoms with Gasteiger partial charge in [-0.05, 0) is 45.8 Å². The summed E-state index contributed by atoms with van der Waals surface area (Å²) < 4.78 is 27.3. The highest BCUT2D eigenvalue weighted by molar-refractivity contribution is 9.10. The zero-order valence-electron chi connectivity index (χ0n) is 9.75. The zero-order chi connectivity index (χ0) is 13.8. The van der Waals surface area contributed by atoms with E-state index in [1.807, 2.05) is 0 Å². The van der Waals surface area contributed by atoms with Crippen molar-refractivity contribution in [2.75, 3.05) is 5.32 Å². The lowest BCUT2D eigenvalue weighted by Crippen LogP contribution is -2.03. The minimum absolute atomic E-state index is 0.0214. The first-order valence-electron chi connectivity index (χ1n) is 5.48. The van der Waals surface area contributed by atoms with Gasteiger partial charge in [0.05, 0.1) is 11.3 Å². The maximum absolute atomic E-state index is 13.6. The molecule has 96 valence electrons. The van der Waals surface area contributed by atoms with E-state index in [2.05, 4.69) is 21.2 Å². The molecule has 0 spiro atoms. The van der Waals surface area contributed by atoms with Crippen LogP contribution in [0, 0.1) is 23.0 Å². The Bertz CT molecular complexity index is 630. The quantitative estimate of drug-likeness (QED) is 0.918. The van der Waals surface area contributed by atoms with Gasteiger partial charge in [0.2, 0.25) is 0 Å². The van der Waals surface area contributed by atoms with E-state index in [1.54, 1.807) is 24.3 Å². The number of para-hydroxylation sites is 1. The lowest BCUT2D eigenvalue weighted by atomic mass is 10.1. The molecule has 0 saturated carbocycles. The number of hydrogen-bond acceptors (Lipinski definition) is 2. The highest BCUT2D eigenvalue weighted by Crippen LogP contribution is 2.25. The fourth-order valence-corrected chi connectivity index (χ4v) is 2.11. The second-order valence-corrected chi connectivity index (χ2v) is 4.73. The molecule has 0 radical (unpaired) electrons. The Morgan fingerprint density at radius 3 is 2.63 bits per heavy atom. The fourth-order valence-electron chi connectivity index (χ4n) is 1.63. The Balaban J connectivity index is 2.17. The van der Waals surface area contributed by atoms with Gasteiger partial charge in [-0.1, -0.05) is 12.1 Å². The van der Waals surface area contributed by atoms with Crippen LogP contribution in [0.4, 0.5) is 14.5 Å². The normalized spacial score (nSPS) is 10.0. The van der Waals surface area contributed by atoms with Crippen molar-refractivity contribution in [2.24, 2.45) is 0 Å². The maximum Gasteiger partial charge on any atom is 0.147 e. The van der Waals surface area contributed by atoms with Gasteiger partial charge in [-0.15, -0.1) is 0 Å². The first-order valence-corrected chi connectivity index (χ1v) is 6.27. The van der Waals surface area contributed by atoms with Gasteiger partial charge in [-0.3, -0.25) is 0 Å². The number of rotatable bonds is 3. The molecule has 0 heterocycles. The van der Waals surface area contributed by atoms with Gasteiger partial charge in [-0.25, -0.2) is 8.78 Å². The third-order valence-electron chi connectivity index (χ3n) is 2.58. The highest BCUT2D eigenvalue weighted by Gasteiger charge is 2.07. The van der Waals surface area contributed by atoms with Crippen molar-refractivity contribution in [2.45, 2.75) is 6.54 Å². The first kappa shape index (κ1) is 13.5. The average molecular weight is 323 g/mol. The molecule has 2 aromatic carbocycles. The van der Waals surface area contributed by atoms with E-state index in [0.29, 0.717) is 22.3 Å². The SMILES string of the molecule is N#Cc1cc(CNc2c(F)cccc2Br)ccc1F. The number of benzene rings is 2. The largest absolute Gasteiger partial charge is 0.378 e. The van der Waals surface area contributed by atoms with Gasteiger partial charge < -0.3 is 5.32 Å². The Labute approximate surface area is 117 Å². The van der Waals surface area contributed by atoms with E-state index in [4.69, 9.17) is 5.26 Å². The molecule has 0 aromatic heterocycles. The summed E-state index contributed by atoms with van der Waals surface area (Å²) in [5, 5.41) is 11.7. The van der Waals surface area contributed by atoms with E-state index >= 15 is 0 Å². The van der Waals surface area contributed by atoms with Crippen LogP contribution in [0.25, 0.3) is 0 Å². The molecular formula is C14H9BrF2N2. The zero-order valence-corrected chi connectivity index (χ0v) is 11.3. The van der Waals surface area contributed by atoms with Crippen LogP contribution >= 0.6 is 15.9 Å². The third kappa shape index (κ3) is 3.09. The second-order valence-electron chi connectivity index (χ2n) is 3.88. The van der Waals surface area contributed by atoms with Crippen LogP contribution in [0.5, 0.6) is 0 Å². The molecule has 0 atom stereocenters. The molecule has 2 rings (SSSR count). The summed E-state index contributed by atoms with van der Waals surface area (Å²) in [5.74, 6) is -0.935. The van der Waals surface area contributed by atoms with E-state index in [9.17, 15) is 8.78 Å². The predicted octanol–water partition coefficient (Wildman–Crippen LogP) is 4.21. The van der Waals surface area contributed by atoms with Crippen LogP contribution in [0.15, 0.2) is 40.9 Å². The number of anilines is 1. The number of nitrogens with zero attached hydrogens (tertiary/aromatic N) is 1. The molecule has 0 fully saturated rings. The topological polar surface area (TPSA) is 35.8 Å². The predicted molar refractivity (Wildman–Crippen MR) is 72.5 cm³/mol. The van der Waals surface area contributed by atoms with Gasteiger partial charge in [0.25, 0.3) is 0 Å². The van der Waals surface area contributed by atoms with Crippen LogP contribution < -0.4 is 5.32 Å². The van der Waals surface area contributed by atoms with Gasteiger partial charge in [0, 0.05) is 11.0 Å². The molecule has 0 amide bonds. The molecule has 5 heteroatoms. The van der Waals surface area contributed by atoms with Crippen LogP contribution in [0.2, 0.25) is 0 Å². The van der Waals surface area contributed by atoms with Crippen LogP contribution in [0.1, 0.15) is 11.1 Å². The number of nitriles is 1. The minimum atomic E-state index is -0.557. The van der Waals surface area contributed by atoms with Crippen molar-refractivity contribution in [1.29, 1.82) is 5.26 Å². The molecule has 0 aliphatic rings. The van der Waals surface area contributed by atoms with Gasteiger partial charge in [-0.2, -0.15) is 5.26 Å². The number of nitrogens with one attached hydrogen (secondary N) is 1. The van der Waals surface area contributed by atoms with Gasteiger partial charge in [0.15, 0.2) is 0 Å². The molecule has 2 nitrogen and oxygen atoms in total.